The van der Waals surface area contributed by atoms with Gasteiger partial charge in [0.2, 0.25) is 0 Å². The zero-order valence-electron chi connectivity index (χ0n) is 12.2. The van der Waals surface area contributed by atoms with Crippen LogP contribution in [0, 0.1) is 11.8 Å². The third-order valence-electron chi connectivity index (χ3n) is 3.00. The van der Waals surface area contributed by atoms with Crippen molar-refractivity contribution in [2.24, 2.45) is 11.8 Å². The summed E-state index contributed by atoms with van der Waals surface area (Å²) in [6.45, 7) is 6.06. The first kappa shape index (κ1) is 16.5. The van der Waals surface area contributed by atoms with Crippen molar-refractivity contribution in [3.05, 3.63) is 29.8 Å². The number of ether oxygens (including phenoxy) is 2. The van der Waals surface area contributed by atoms with Crippen LogP contribution in [0.5, 0.6) is 5.75 Å². The average molecular weight is 329 g/mol. The zero-order chi connectivity index (χ0) is 14.1. The Labute approximate surface area is 125 Å². The van der Waals surface area contributed by atoms with Crippen LogP contribution in [0.4, 0.5) is 0 Å². The second-order valence-electron chi connectivity index (χ2n) is 5.33. The maximum absolute atomic E-state index is 5.66. The van der Waals surface area contributed by atoms with Gasteiger partial charge in [-0.1, -0.05) is 41.9 Å². The molecule has 19 heavy (non-hydrogen) atoms. The normalized spacial score (nSPS) is 12.7. The second kappa shape index (κ2) is 9.38. The predicted octanol–water partition coefficient (Wildman–Crippen LogP) is 4.31. The molecule has 0 bridgehead atoms. The van der Waals surface area contributed by atoms with E-state index in [9.17, 15) is 0 Å². The molecule has 0 aromatic heterocycles. The SMILES string of the molecule is COc1cccc(CC(CBr)CCOCC(C)C)c1. The van der Waals surface area contributed by atoms with Crippen LogP contribution in [0.15, 0.2) is 24.3 Å². The number of alkyl halides is 1. The molecule has 2 nitrogen and oxygen atoms in total. The number of hydrogen-bond donors (Lipinski definition) is 0. The van der Waals surface area contributed by atoms with Crippen LogP contribution >= 0.6 is 15.9 Å². The summed E-state index contributed by atoms with van der Waals surface area (Å²) in [5.41, 5.74) is 1.33. The highest BCUT2D eigenvalue weighted by molar-refractivity contribution is 9.09. The number of hydrogen-bond acceptors (Lipinski definition) is 2. The number of halogens is 1. The van der Waals surface area contributed by atoms with Crippen LogP contribution in [0.1, 0.15) is 25.8 Å². The maximum atomic E-state index is 5.66. The van der Waals surface area contributed by atoms with E-state index in [0.717, 1.165) is 37.1 Å². The van der Waals surface area contributed by atoms with E-state index in [1.165, 1.54) is 5.56 Å². The summed E-state index contributed by atoms with van der Waals surface area (Å²) >= 11 is 3.60. The third kappa shape index (κ3) is 6.98. The van der Waals surface area contributed by atoms with E-state index in [0.29, 0.717) is 11.8 Å². The van der Waals surface area contributed by atoms with Gasteiger partial charge in [-0.2, -0.15) is 0 Å². The molecule has 0 fully saturated rings. The fourth-order valence-corrected chi connectivity index (χ4v) is 2.49. The van der Waals surface area contributed by atoms with Gasteiger partial charge >= 0.3 is 0 Å². The zero-order valence-corrected chi connectivity index (χ0v) is 13.8. The molecule has 0 heterocycles. The molecular weight excluding hydrogens is 304 g/mol. The second-order valence-corrected chi connectivity index (χ2v) is 5.98. The van der Waals surface area contributed by atoms with Gasteiger partial charge in [0.05, 0.1) is 7.11 Å². The Morgan fingerprint density at radius 2 is 2.05 bits per heavy atom. The van der Waals surface area contributed by atoms with Crippen molar-refractivity contribution in [2.45, 2.75) is 26.7 Å². The molecule has 1 rings (SSSR count). The highest BCUT2D eigenvalue weighted by Gasteiger charge is 2.09. The van der Waals surface area contributed by atoms with Crippen LogP contribution in [-0.2, 0) is 11.2 Å². The first-order valence-electron chi connectivity index (χ1n) is 6.92. The monoisotopic (exact) mass is 328 g/mol. The minimum atomic E-state index is 0.610. The van der Waals surface area contributed by atoms with Gasteiger partial charge < -0.3 is 9.47 Å². The third-order valence-corrected chi connectivity index (χ3v) is 3.91. The lowest BCUT2D eigenvalue weighted by atomic mass is 9.98. The first-order chi connectivity index (χ1) is 9.15. The van der Waals surface area contributed by atoms with Crippen molar-refractivity contribution in [1.82, 2.24) is 0 Å². The Hall–Kier alpha value is -0.540. The van der Waals surface area contributed by atoms with Crippen LogP contribution in [0.2, 0.25) is 0 Å². The molecular formula is C16H25BrO2. The van der Waals surface area contributed by atoms with Gasteiger partial charge in [0.25, 0.3) is 0 Å². The minimum absolute atomic E-state index is 0.610. The largest absolute Gasteiger partial charge is 0.497 e. The van der Waals surface area contributed by atoms with Crippen molar-refractivity contribution in [3.63, 3.8) is 0 Å². The Morgan fingerprint density at radius 1 is 1.26 bits per heavy atom. The van der Waals surface area contributed by atoms with E-state index in [4.69, 9.17) is 9.47 Å². The van der Waals surface area contributed by atoms with E-state index in [-0.39, 0.29) is 0 Å². The molecule has 1 atom stereocenters. The summed E-state index contributed by atoms with van der Waals surface area (Å²) in [4.78, 5) is 0. The Kier molecular flexibility index (Phi) is 8.15. The molecule has 1 aromatic rings. The molecule has 0 aliphatic heterocycles. The standard InChI is InChI=1S/C16H25BrO2/c1-13(2)12-19-8-7-15(11-17)9-14-5-4-6-16(10-14)18-3/h4-6,10,13,15H,7-9,11-12H2,1-3H3. The summed E-state index contributed by atoms with van der Waals surface area (Å²) in [5.74, 6) is 2.15. The van der Waals surface area contributed by atoms with Crippen LogP contribution in [0.3, 0.4) is 0 Å². The molecule has 0 spiro atoms. The maximum Gasteiger partial charge on any atom is 0.119 e. The predicted molar refractivity (Wildman–Crippen MR) is 84.3 cm³/mol. The highest BCUT2D eigenvalue weighted by atomic mass is 79.9. The summed E-state index contributed by atoms with van der Waals surface area (Å²) in [6.07, 6.45) is 2.16. The molecule has 3 heteroatoms. The Bertz CT molecular complexity index is 352. The number of benzene rings is 1. The van der Waals surface area contributed by atoms with Gasteiger partial charge in [0.1, 0.15) is 5.75 Å². The number of methoxy groups -OCH3 is 1. The molecule has 0 saturated carbocycles. The smallest absolute Gasteiger partial charge is 0.119 e. The van der Waals surface area contributed by atoms with Crippen molar-refractivity contribution >= 4 is 15.9 Å². The quantitative estimate of drug-likeness (QED) is 0.496. The summed E-state index contributed by atoms with van der Waals surface area (Å²) in [6, 6.07) is 8.31. The van der Waals surface area contributed by atoms with Crippen LogP contribution in [0.25, 0.3) is 0 Å². The van der Waals surface area contributed by atoms with Gasteiger partial charge in [0, 0.05) is 18.5 Å². The molecule has 0 N–H and O–H groups in total. The summed E-state index contributed by atoms with van der Waals surface area (Å²) in [7, 11) is 1.71. The lowest BCUT2D eigenvalue weighted by molar-refractivity contribution is 0.0998. The fourth-order valence-electron chi connectivity index (χ4n) is 1.94. The van der Waals surface area contributed by atoms with Gasteiger partial charge in [-0.15, -0.1) is 0 Å². The minimum Gasteiger partial charge on any atom is -0.497 e. The molecule has 108 valence electrons. The van der Waals surface area contributed by atoms with Crippen molar-refractivity contribution in [3.8, 4) is 5.75 Å². The molecule has 0 amide bonds. The van der Waals surface area contributed by atoms with Gasteiger partial charge in [-0.3, -0.25) is 0 Å². The van der Waals surface area contributed by atoms with E-state index in [1.54, 1.807) is 7.11 Å². The molecule has 1 unspecified atom stereocenters. The lowest BCUT2D eigenvalue weighted by Crippen LogP contribution is -2.12. The number of rotatable bonds is 9. The summed E-state index contributed by atoms with van der Waals surface area (Å²) < 4.78 is 10.9. The van der Waals surface area contributed by atoms with Crippen molar-refractivity contribution < 1.29 is 9.47 Å². The van der Waals surface area contributed by atoms with E-state index >= 15 is 0 Å². The molecule has 1 aromatic carbocycles. The topological polar surface area (TPSA) is 18.5 Å². The Balaban J connectivity index is 2.38. The van der Waals surface area contributed by atoms with E-state index in [1.807, 2.05) is 6.07 Å². The lowest BCUT2D eigenvalue weighted by Gasteiger charge is -2.15. The fraction of sp³-hybridized carbons (Fsp3) is 0.625. The molecule has 0 saturated heterocycles. The summed E-state index contributed by atoms with van der Waals surface area (Å²) in [5, 5.41) is 1.01. The van der Waals surface area contributed by atoms with E-state index in [2.05, 4.69) is 48.0 Å². The van der Waals surface area contributed by atoms with Crippen LogP contribution in [-0.4, -0.2) is 25.7 Å². The first-order valence-corrected chi connectivity index (χ1v) is 8.04. The Morgan fingerprint density at radius 3 is 2.68 bits per heavy atom. The van der Waals surface area contributed by atoms with Crippen LogP contribution < -0.4 is 4.74 Å². The van der Waals surface area contributed by atoms with Gasteiger partial charge in [-0.25, -0.2) is 0 Å². The highest BCUT2D eigenvalue weighted by Crippen LogP contribution is 2.19. The van der Waals surface area contributed by atoms with E-state index < -0.39 is 0 Å². The molecule has 0 aliphatic carbocycles. The van der Waals surface area contributed by atoms with Crippen molar-refractivity contribution in [2.75, 3.05) is 25.7 Å². The molecule has 0 radical (unpaired) electrons. The van der Waals surface area contributed by atoms with Gasteiger partial charge in [-0.05, 0) is 42.4 Å². The molecule has 0 aliphatic rings. The average Bonchev–Trinajstić information content (AvgIpc) is 2.42. The van der Waals surface area contributed by atoms with Gasteiger partial charge in [0.15, 0.2) is 0 Å². The van der Waals surface area contributed by atoms with Crippen molar-refractivity contribution in [1.29, 1.82) is 0 Å².